The maximum atomic E-state index is 9.91. The van der Waals surface area contributed by atoms with Crippen molar-refractivity contribution < 1.29 is 5.11 Å². The van der Waals surface area contributed by atoms with Crippen LogP contribution in [0.15, 0.2) is 34.9 Å². The Morgan fingerprint density at radius 3 is 2.57 bits per heavy atom. The zero-order chi connectivity index (χ0) is 9.97. The first-order chi connectivity index (χ1) is 6.79. The van der Waals surface area contributed by atoms with Gasteiger partial charge in [0.25, 0.3) is 0 Å². The fraction of sp³-hybridized carbons (Fsp3) is 0.538. The SMILES string of the molecule is CC1=CC=CC(O)C1=C1CCCCC1. The predicted octanol–water partition coefficient (Wildman–Crippen LogP) is 3.12. The third-order valence-corrected chi connectivity index (χ3v) is 3.20. The Hall–Kier alpha value is -0.820. The third kappa shape index (κ3) is 1.83. The van der Waals surface area contributed by atoms with Gasteiger partial charge in [-0.05, 0) is 43.8 Å². The van der Waals surface area contributed by atoms with Crippen molar-refractivity contribution in [2.75, 3.05) is 0 Å². The molecular formula is C13H18O. The molecule has 76 valence electrons. The molecular weight excluding hydrogens is 172 g/mol. The summed E-state index contributed by atoms with van der Waals surface area (Å²) in [6, 6.07) is 0. The van der Waals surface area contributed by atoms with Crippen LogP contribution in [0, 0.1) is 0 Å². The Kier molecular flexibility index (Phi) is 2.87. The predicted molar refractivity (Wildman–Crippen MR) is 59.0 cm³/mol. The van der Waals surface area contributed by atoms with Gasteiger partial charge in [-0.3, -0.25) is 0 Å². The summed E-state index contributed by atoms with van der Waals surface area (Å²) in [6.07, 6.45) is 11.9. The zero-order valence-corrected chi connectivity index (χ0v) is 8.79. The molecule has 0 bridgehead atoms. The maximum Gasteiger partial charge on any atom is 0.0976 e. The minimum Gasteiger partial charge on any atom is -0.384 e. The van der Waals surface area contributed by atoms with Crippen LogP contribution in [0.25, 0.3) is 0 Å². The van der Waals surface area contributed by atoms with E-state index in [9.17, 15) is 5.11 Å². The van der Waals surface area contributed by atoms with Crippen LogP contribution in [0.4, 0.5) is 0 Å². The number of allylic oxidation sites excluding steroid dienone is 3. The van der Waals surface area contributed by atoms with E-state index in [1.807, 2.05) is 12.2 Å². The molecule has 2 aliphatic carbocycles. The largest absolute Gasteiger partial charge is 0.384 e. The monoisotopic (exact) mass is 190 g/mol. The van der Waals surface area contributed by atoms with E-state index in [1.165, 1.54) is 48.8 Å². The summed E-state index contributed by atoms with van der Waals surface area (Å²) < 4.78 is 0. The molecule has 2 aliphatic rings. The van der Waals surface area contributed by atoms with Crippen LogP contribution >= 0.6 is 0 Å². The van der Waals surface area contributed by atoms with Crippen LogP contribution in [0.5, 0.6) is 0 Å². The normalized spacial score (nSPS) is 27.9. The Bertz CT molecular complexity index is 299. The first kappa shape index (κ1) is 9.72. The van der Waals surface area contributed by atoms with Crippen LogP contribution in [0.3, 0.4) is 0 Å². The van der Waals surface area contributed by atoms with Gasteiger partial charge in [-0.25, -0.2) is 0 Å². The van der Waals surface area contributed by atoms with Crippen molar-refractivity contribution in [3.8, 4) is 0 Å². The second-order valence-corrected chi connectivity index (χ2v) is 4.26. The van der Waals surface area contributed by atoms with Gasteiger partial charge in [0.1, 0.15) is 0 Å². The number of aliphatic hydroxyl groups is 1. The summed E-state index contributed by atoms with van der Waals surface area (Å²) in [7, 11) is 0. The van der Waals surface area contributed by atoms with Crippen molar-refractivity contribution in [2.24, 2.45) is 0 Å². The third-order valence-electron chi connectivity index (χ3n) is 3.20. The second-order valence-electron chi connectivity index (χ2n) is 4.26. The zero-order valence-electron chi connectivity index (χ0n) is 8.79. The van der Waals surface area contributed by atoms with Gasteiger partial charge in [-0.15, -0.1) is 0 Å². The highest BCUT2D eigenvalue weighted by Crippen LogP contribution is 2.32. The van der Waals surface area contributed by atoms with Gasteiger partial charge < -0.3 is 5.11 Å². The van der Waals surface area contributed by atoms with Crippen LogP contribution in [-0.4, -0.2) is 11.2 Å². The van der Waals surface area contributed by atoms with Gasteiger partial charge in [-0.2, -0.15) is 0 Å². The second kappa shape index (κ2) is 4.14. The Morgan fingerprint density at radius 2 is 1.93 bits per heavy atom. The average molecular weight is 190 g/mol. The number of hydrogen-bond donors (Lipinski definition) is 1. The van der Waals surface area contributed by atoms with Gasteiger partial charge in [0.2, 0.25) is 0 Å². The molecule has 0 amide bonds. The summed E-state index contributed by atoms with van der Waals surface area (Å²) in [5.41, 5.74) is 3.94. The Balaban J connectivity index is 2.30. The highest BCUT2D eigenvalue weighted by atomic mass is 16.3. The van der Waals surface area contributed by atoms with Gasteiger partial charge in [0.15, 0.2) is 0 Å². The molecule has 1 unspecified atom stereocenters. The standard InChI is InChI=1S/C13H18O/c1-10-6-5-9-12(14)13(10)11-7-3-2-4-8-11/h5-6,9,12,14H,2-4,7-8H2,1H3. The fourth-order valence-electron chi connectivity index (χ4n) is 2.46. The molecule has 1 fully saturated rings. The van der Waals surface area contributed by atoms with Gasteiger partial charge in [-0.1, -0.05) is 30.2 Å². The summed E-state index contributed by atoms with van der Waals surface area (Å²) >= 11 is 0. The van der Waals surface area contributed by atoms with Crippen molar-refractivity contribution in [1.29, 1.82) is 0 Å². The number of hydrogen-bond acceptors (Lipinski definition) is 1. The minimum atomic E-state index is -0.354. The summed E-state index contributed by atoms with van der Waals surface area (Å²) in [5.74, 6) is 0. The molecule has 0 radical (unpaired) electrons. The number of rotatable bonds is 0. The van der Waals surface area contributed by atoms with E-state index in [0.29, 0.717) is 0 Å². The molecule has 0 aromatic heterocycles. The van der Waals surface area contributed by atoms with Crippen LogP contribution in [-0.2, 0) is 0 Å². The highest BCUT2D eigenvalue weighted by Gasteiger charge is 2.18. The molecule has 0 saturated heterocycles. The fourth-order valence-corrected chi connectivity index (χ4v) is 2.46. The van der Waals surface area contributed by atoms with E-state index in [0.717, 1.165) is 0 Å². The average Bonchev–Trinajstić information content (AvgIpc) is 2.19. The molecule has 1 atom stereocenters. The van der Waals surface area contributed by atoms with E-state index >= 15 is 0 Å². The van der Waals surface area contributed by atoms with Crippen LogP contribution in [0.1, 0.15) is 39.0 Å². The molecule has 1 heteroatoms. The van der Waals surface area contributed by atoms with Crippen LogP contribution < -0.4 is 0 Å². The lowest BCUT2D eigenvalue weighted by atomic mass is 9.84. The molecule has 1 saturated carbocycles. The van der Waals surface area contributed by atoms with Crippen molar-refractivity contribution in [3.63, 3.8) is 0 Å². The van der Waals surface area contributed by atoms with E-state index < -0.39 is 0 Å². The van der Waals surface area contributed by atoms with E-state index in [2.05, 4.69) is 13.0 Å². The number of aliphatic hydroxyl groups excluding tert-OH is 1. The smallest absolute Gasteiger partial charge is 0.0976 e. The van der Waals surface area contributed by atoms with E-state index in [4.69, 9.17) is 0 Å². The quantitative estimate of drug-likeness (QED) is 0.622. The van der Waals surface area contributed by atoms with Crippen molar-refractivity contribution >= 4 is 0 Å². The molecule has 0 aromatic carbocycles. The summed E-state index contributed by atoms with van der Waals surface area (Å²) in [6.45, 7) is 2.10. The molecule has 0 heterocycles. The molecule has 14 heavy (non-hydrogen) atoms. The summed E-state index contributed by atoms with van der Waals surface area (Å²) in [5, 5.41) is 9.91. The molecule has 1 N–H and O–H groups in total. The topological polar surface area (TPSA) is 20.2 Å². The van der Waals surface area contributed by atoms with Gasteiger partial charge >= 0.3 is 0 Å². The van der Waals surface area contributed by atoms with Crippen molar-refractivity contribution in [3.05, 3.63) is 34.9 Å². The molecule has 0 aromatic rings. The minimum absolute atomic E-state index is 0.354. The molecule has 2 rings (SSSR count). The Morgan fingerprint density at radius 1 is 1.21 bits per heavy atom. The lowest BCUT2D eigenvalue weighted by molar-refractivity contribution is 0.257. The first-order valence-electron chi connectivity index (χ1n) is 5.54. The molecule has 0 spiro atoms. The van der Waals surface area contributed by atoms with Crippen LogP contribution in [0.2, 0.25) is 0 Å². The highest BCUT2D eigenvalue weighted by molar-refractivity contribution is 5.45. The van der Waals surface area contributed by atoms with E-state index in [-0.39, 0.29) is 6.10 Å². The van der Waals surface area contributed by atoms with E-state index in [1.54, 1.807) is 0 Å². The van der Waals surface area contributed by atoms with Gasteiger partial charge in [0.05, 0.1) is 6.10 Å². The maximum absolute atomic E-state index is 9.91. The van der Waals surface area contributed by atoms with Crippen molar-refractivity contribution in [2.45, 2.75) is 45.1 Å². The molecule has 0 aliphatic heterocycles. The first-order valence-corrected chi connectivity index (χ1v) is 5.54. The van der Waals surface area contributed by atoms with Crippen molar-refractivity contribution in [1.82, 2.24) is 0 Å². The van der Waals surface area contributed by atoms with Gasteiger partial charge in [0, 0.05) is 0 Å². The lowest BCUT2D eigenvalue weighted by Crippen LogP contribution is -2.14. The molecule has 1 nitrogen and oxygen atoms in total. The lowest BCUT2D eigenvalue weighted by Gasteiger charge is -2.24. The summed E-state index contributed by atoms with van der Waals surface area (Å²) in [4.78, 5) is 0. The Labute approximate surface area is 85.8 Å².